The van der Waals surface area contributed by atoms with Gasteiger partial charge in [0.05, 0.1) is 0 Å². The minimum atomic E-state index is -1.03. The Labute approximate surface area is 127 Å². The molecule has 0 spiro atoms. The van der Waals surface area contributed by atoms with Crippen molar-refractivity contribution in [3.05, 3.63) is 47.7 Å². The van der Waals surface area contributed by atoms with Gasteiger partial charge >= 0.3 is 5.97 Å². The summed E-state index contributed by atoms with van der Waals surface area (Å²) in [5.41, 5.74) is 1.18. The lowest BCUT2D eigenvalue weighted by atomic mass is 10.2. The van der Waals surface area contributed by atoms with Gasteiger partial charge in [0.15, 0.2) is 18.7 Å². The lowest BCUT2D eigenvalue weighted by Crippen LogP contribution is -2.27. The van der Waals surface area contributed by atoms with Crippen LogP contribution in [-0.2, 0) is 11.3 Å². The summed E-state index contributed by atoms with van der Waals surface area (Å²) in [6.07, 6.45) is 1.24. The van der Waals surface area contributed by atoms with E-state index in [0.29, 0.717) is 23.7 Å². The maximum atomic E-state index is 12.2. The summed E-state index contributed by atoms with van der Waals surface area (Å²) in [5, 5.41) is 8.54. The van der Waals surface area contributed by atoms with Crippen molar-refractivity contribution in [2.24, 2.45) is 0 Å². The molecule has 0 aliphatic heterocycles. The molecule has 1 aromatic carbocycles. The zero-order valence-electron chi connectivity index (χ0n) is 12.3. The summed E-state index contributed by atoms with van der Waals surface area (Å²) in [4.78, 5) is 28.0. The molecule has 1 amide bonds. The van der Waals surface area contributed by atoms with Gasteiger partial charge in [-0.05, 0) is 24.6 Å². The highest BCUT2D eigenvalue weighted by Crippen LogP contribution is 2.15. The van der Waals surface area contributed by atoms with Crippen molar-refractivity contribution < 1.29 is 23.8 Å². The molecule has 7 nitrogen and oxygen atoms in total. The molecule has 7 heteroatoms. The van der Waals surface area contributed by atoms with Gasteiger partial charge in [-0.2, -0.15) is 0 Å². The Balaban J connectivity index is 1.97. The topological polar surface area (TPSA) is 92.9 Å². The Morgan fingerprint density at radius 2 is 2.00 bits per heavy atom. The molecular weight excluding hydrogens is 288 g/mol. The number of aromatic nitrogens is 1. The predicted molar refractivity (Wildman–Crippen MR) is 76.6 cm³/mol. The van der Waals surface area contributed by atoms with E-state index in [1.165, 1.54) is 11.3 Å². The molecule has 1 heterocycles. The highest BCUT2D eigenvalue weighted by atomic mass is 16.5. The van der Waals surface area contributed by atoms with Crippen LogP contribution in [0.3, 0.4) is 0 Å². The van der Waals surface area contributed by atoms with E-state index >= 15 is 0 Å². The summed E-state index contributed by atoms with van der Waals surface area (Å²) < 4.78 is 10.1. The molecule has 1 aromatic heterocycles. The standard InChI is InChI=1S/C15H16N2O5/c1-10-14(16-9-22-10)15(20)17(2)7-11-3-5-12(6-4-11)21-8-13(18)19/h3-6,9H,7-8H2,1-2H3,(H,18,19). The number of ether oxygens (including phenoxy) is 1. The molecule has 0 aliphatic carbocycles. The molecule has 1 N–H and O–H groups in total. The van der Waals surface area contributed by atoms with Gasteiger partial charge < -0.3 is 19.2 Å². The van der Waals surface area contributed by atoms with E-state index in [2.05, 4.69) is 4.98 Å². The summed E-state index contributed by atoms with van der Waals surface area (Å²) in [6.45, 7) is 1.69. The van der Waals surface area contributed by atoms with E-state index in [-0.39, 0.29) is 12.5 Å². The summed E-state index contributed by atoms with van der Waals surface area (Å²) >= 11 is 0. The van der Waals surface area contributed by atoms with E-state index in [1.807, 2.05) is 0 Å². The average molecular weight is 304 g/mol. The highest BCUT2D eigenvalue weighted by molar-refractivity contribution is 5.92. The number of carboxylic acids is 1. The Morgan fingerprint density at radius 3 is 2.55 bits per heavy atom. The number of carbonyl (C=O) groups excluding carboxylic acids is 1. The number of benzene rings is 1. The molecule has 0 saturated heterocycles. The maximum Gasteiger partial charge on any atom is 0.341 e. The molecule has 116 valence electrons. The lowest BCUT2D eigenvalue weighted by Gasteiger charge is -2.16. The average Bonchev–Trinajstić information content (AvgIpc) is 2.91. The molecule has 2 rings (SSSR count). The second kappa shape index (κ2) is 6.75. The monoisotopic (exact) mass is 304 g/mol. The Morgan fingerprint density at radius 1 is 1.32 bits per heavy atom. The van der Waals surface area contributed by atoms with Gasteiger partial charge in [-0.25, -0.2) is 9.78 Å². The van der Waals surface area contributed by atoms with Crippen LogP contribution in [0, 0.1) is 6.92 Å². The number of hydrogen-bond acceptors (Lipinski definition) is 5. The van der Waals surface area contributed by atoms with E-state index in [4.69, 9.17) is 14.3 Å². The van der Waals surface area contributed by atoms with Crippen molar-refractivity contribution in [2.75, 3.05) is 13.7 Å². The fourth-order valence-corrected chi connectivity index (χ4v) is 1.87. The van der Waals surface area contributed by atoms with E-state index in [9.17, 15) is 9.59 Å². The minimum absolute atomic E-state index is 0.225. The van der Waals surface area contributed by atoms with Crippen LogP contribution in [0.1, 0.15) is 21.8 Å². The number of aryl methyl sites for hydroxylation is 1. The number of oxazole rings is 1. The minimum Gasteiger partial charge on any atom is -0.482 e. The van der Waals surface area contributed by atoms with Crippen LogP contribution >= 0.6 is 0 Å². The van der Waals surface area contributed by atoms with Crippen LogP contribution in [-0.4, -0.2) is 40.5 Å². The summed E-state index contributed by atoms with van der Waals surface area (Å²) in [5.74, 6) is -0.309. The zero-order chi connectivity index (χ0) is 16.1. The first-order chi connectivity index (χ1) is 10.5. The largest absolute Gasteiger partial charge is 0.482 e. The molecule has 0 aliphatic rings. The smallest absolute Gasteiger partial charge is 0.341 e. The fourth-order valence-electron chi connectivity index (χ4n) is 1.87. The number of carboxylic acid groups (broad SMARTS) is 1. The third-order valence-electron chi connectivity index (χ3n) is 3.00. The van der Waals surface area contributed by atoms with Crippen molar-refractivity contribution in [3.8, 4) is 5.75 Å². The Kier molecular flexibility index (Phi) is 4.77. The Bertz CT molecular complexity index is 663. The van der Waals surface area contributed by atoms with Crippen LogP contribution < -0.4 is 4.74 Å². The molecule has 0 bridgehead atoms. The van der Waals surface area contributed by atoms with Gasteiger partial charge in [0.2, 0.25) is 0 Å². The number of nitrogens with zero attached hydrogens (tertiary/aromatic N) is 2. The molecular formula is C15H16N2O5. The zero-order valence-corrected chi connectivity index (χ0v) is 12.3. The van der Waals surface area contributed by atoms with Crippen molar-refractivity contribution in [2.45, 2.75) is 13.5 Å². The molecule has 22 heavy (non-hydrogen) atoms. The molecule has 0 unspecified atom stereocenters. The molecule has 0 fully saturated rings. The molecule has 2 aromatic rings. The van der Waals surface area contributed by atoms with Crippen molar-refractivity contribution in [3.63, 3.8) is 0 Å². The lowest BCUT2D eigenvalue weighted by molar-refractivity contribution is -0.139. The summed E-state index contributed by atoms with van der Waals surface area (Å²) in [7, 11) is 1.67. The maximum absolute atomic E-state index is 12.2. The molecule has 0 radical (unpaired) electrons. The third-order valence-corrected chi connectivity index (χ3v) is 3.00. The first kappa shape index (κ1) is 15.6. The second-order valence-corrected chi connectivity index (χ2v) is 4.74. The van der Waals surface area contributed by atoms with Crippen molar-refractivity contribution >= 4 is 11.9 Å². The number of amides is 1. The summed E-state index contributed by atoms with van der Waals surface area (Å²) in [6, 6.07) is 6.88. The number of aliphatic carboxylic acids is 1. The van der Waals surface area contributed by atoms with Gasteiger partial charge in [-0.15, -0.1) is 0 Å². The first-order valence-corrected chi connectivity index (χ1v) is 6.56. The second-order valence-electron chi connectivity index (χ2n) is 4.74. The number of hydrogen-bond donors (Lipinski definition) is 1. The van der Waals surface area contributed by atoms with Crippen molar-refractivity contribution in [1.82, 2.24) is 9.88 Å². The van der Waals surface area contributed by atoms with Crippen LogP contribution in [0.25, 0.3) is 0 Å². The van der Waals surface area contributed by atoms with Gasteiger partial charge in [0.1, 0.15) is 11.5 Å². The fraction of sp³-hybridized carbons (Fsp3) is 0.267. The molecule has 0 atom stereocenters. The van der Waals surface area contributed by atoms with Gasteiger partial charge in [0, 0.05) is 13.6 Å². The van der Waals surface area contributed by atoms with Crippen LogP contribution in [0.15, 0.2) is 35.1 Å². The van der Waals surface area contributed by atoms with Crippen molar-refractivity contribution in [1.29, 1.82) is 0 Å². The Hall–Kier alpha value is -2.83. The highest BCUT2D eigenvalue weighted by Gasteiger charge is 2.18. The quantitative estimate of drug-likeness (QED) is 0.873. The van der Waals surface area contributed by atoms with E-state index in [1.54, 1.807) is 38.2 Å². The number of carbonyl (C=O) groups is 2. The predicted octanol–water partition coefficient (Wildman–Crippen LogP) is 1.72. The van der Waals surface area contributed by atoms with Crippen LogP contribution in [0.4, 0.5) is 0 Å². The van der Waals surface area contributed by atoms with Gasteiger partial charge in [-0.1, -0.05) is 12.1 Å². The van der Waals surface area contributed by atoms with E-state index in [0.717, 1.165) is 5.56 Å². The van der Waals surface area contributed by atoms with Crippen LogP contribution in [0.5, 0.6) is 5.75 Å². The van der Waals surface area contributed by atoms with Gasteiger partial charge in [0.25, 0.3) is 5.91 Å². The SMILES string of the molecule is Cc1ocnc1C(=O)N(C)Cc1ccc(OCC(=O)O)cc1. The number of rotatable bonds is 6. The normalized spacial score (nSPS) is 10.3. The van der Waals surface area contributed by atoms with E-state index < -0.39 is 5.97 Å². The first-order valence-electron chi connectivity index (χ1n) is 6.56. The van der Waals surface area contributed by atoms with Gasteiger partial charge in [-0.3, -0.25) is 4.79 Å². The van der Waals surface area contributed by atoms with Crippen LogP contribution in [0.2, 0.25) is 0 Å². The third kappa shape index (κ3) is 3.85. The molecule has 0 saturated carbocycles.